The molecule has 1 atom stereocenters. The third-order valence-corrected chi connectivity index (χ3v) is 3.31. The predicted octanol–water partition coefficient (Wildman–Crippen LogP) is 1.07. The number of carbonyl (C=O) groups excluding carboxylic acids is 1. The van der Waals surface area contributed by atoms with Crippen molar-refractivity contribution in [3.63, 3.8) is 0 Å². The molecule has 0 radical (unpaired) electrons. The number of nitrogens with zero attached hydrogens (tertiary/aromatic N) is 3. The summed E-state index contributed by atoms with van der Waals surface area (Å²) in [7, 11) is 0. The van der Waals surface area contributed by atoms with E-state index in [-0.39, 0.29) is 11.5 Å². The molecule has 0 N–H and O–H groups in total. The molecule has 1 unspecified atom stereocenters. The highest BCUT2D eigenvalue weighted by molar-refractivity contribution is 5.56. The van der Waals surface area contributed by atoms with E-state index in [9.17, 15) is 9.59 Å². The Kier molecular flexibility index (Phi) is 4.12. The van der Waals surface area contributed by atoms with E-state index in [2.05, 4.69) is 4.98 Å². The Labute approximate surface area is 106 Å². The van der Waals surface area contributed by atoms with Crippen LogP contribution in [0.5, 0.6) is 0 Å². The van der Waals surface area contributed by atoms with E-state index in [1.54, 1.807) is 17.0 Å². The van der Waals surface area contributed by atoms with Crippen molar-refractivity contribution >= 4 is 12.1 Å². The van der Waals surface area contributed by atoms with E-state index in [1.807, 2.05) is 11.8 Å². The van der Waals surface area contributed by atoms with Crippen molar-refractivity contribution in [3.8, 4) is 0 Å². The van der Waals surface area contributed by atoms with Crippen LogP contribution in [0.15, 0.2) is 17.2 Å². The van der Waals surface area contributed by atoms with E-state index >= 15 is 0 Å². The molecule has 0 aliphatic carbocycles. The largest absolute Gasteiger partial charge is 0.351 e. The minimum absolute atomic E-state index is 0.0276. The van der Waals surface area contributed by atoms with Crippen molar-refractivity contribution in [2.24, 2.45) is 5.92 Å². The fourth-order valence-corrected chi connectivity index (χ4v) is 2.38. The number of rotatable bonds is 4. The summed E-state index contributed by atoms with van der Waals surface area (Å²) in [5.41, 5.74) is -0.0501. The second kappa shape index (κ2) is 5.80. The summed E-state index contributed by atoms with van der Waals surface area (Å²) in [6.07, 6.45) is 7.14. The van der Waals surface area contributed by atoms with Crippen molar-refractivity contribution in [2.45, 2.75) is 32.7 Å². The number of hydrogen-bond donors (Lipinski definition) is 0. The fraction of sp³-hybridized carbons (Fsp3) is 0.615. The zero-order valence-corrected chi connectivity index (χ0v) is 10.7. The van der Waals surface area contributed by atoms with E-state index in [0.29, 0.717) is 18.9 Å². The molecule has 5 heteroatoms. The number of aldehydes is 1. The summed E-state index contributed by atoms with van der Waals surface area (Å²) >= 11 is 0. The monoisotopic (exact) mass is 249 g/mol. The molecule has 1 fully saturated rings. The summed E-state index contributed by atoms with van der Waals surface area (Å²) in [5.74, 6) is 0.511. The van der Waals surface area contributed by atoms with Crippen LogP contribution in [-0.2, 0) is 11.3 Å². The first-order valence-electron chi connectivity index (χ1n) is 6.52. The van der Waals surface area contributed by atoms with Crippen molar-refractivity contribution in [3.05, 3.63) is 22.7 Å². The summed E-state index contributed by atoms with van der Waals surface area (Å²) < 4.78 is 1.69. The van der Waals surface area contributed by atoms with E-state index in [0.717, 1.165) is 32.1 Å². The third kappa shape index (κ3) is 2.60. The van der Waals surface area contributed by atoms with Crippen LogP contribution in [0, 0.1) is 5.92 Å². The van der Waals surface area contributed by atoms with Gasteiger partial charge in [-0.15, -0.1) is 0 Å². The minimum atomic E-state index is -0.0501. The van der Waals surface area contributed by atoms with E-state index in [1.165, 1.54) is 0 Å². The smallest absolute Gasteiger partial charge is 0.293 e. The predicted molar refractivity (Wildman–Crippen MR) is 69.8 cm³/mol. The van der Waals surface area contributed by atoms with Crippen LogP contribution in [-0.4, -0.2) is 28.9 Å². The molecule has 0 amide bonds. The minimum Gasteiger partial charge on any atom is -0.351 e. The summed E-state index contributed by atoms with van der Waals surface area (Å²) in [6, 6.07) is 0. The van der Waals surface area contributed by atoms with Crippen molar-refractivity contribution in [2.75, 3.05) is 18.0 Å². The van der Waals surface area contributed by atoms with Crippen LogP contribution in [0.4, 0.5) is 5.82 Å². The van der Waals surface area contributed by atoms with Crippen LogP contribution in [0.1, 0.15) is 26.2 Å². The maximum Gasteiger partial charge on any atom is 0.293 e. The Morgan fingerprint density at radius 1 is 1.56 bits per heavy atom. The van der Waals surface area contributed by atoms with Gasteiger partial charge in [0.1, 0.15) is 6.29 Å². The van der Waals surface area contributed by atoms with Gasteiger partial charge in [-0.1, -0.05) is 6.92 Å². The molecule has 0 spiro atoms. The van der Waals surface area contributed by atoms with Gasteiger partial charge in [0.25, 0.3) is 5.56 Å². The van der Waals surface area contributed by atoms with Crippen LogP contribution < -0.4 is 10.5 Å². The molecule has 0 aromatic carbocycles. The van der Waals surface area contributed by atoms with Crippen LogP contribution in [0.3, 0.4) is 0 Å². The Morgan fingerprint density at radius 3 is 3.11 bits per heavy atom. The molecule has 98 valence electrons. The highest BCUT2D eigenvalue weighted by Gasteiger charge is 2.22. The highest BCUT2D eigenvalue weighted by Crippen LogP contribution is 2.17. The molecule has 1 aliphatic rings. The fourth-order valence-electron chi connectivity index (χ4n) is 2.38. The molecule has 1 aliphatic heterocycles. The Balaban J connectivity index is 2.24. The normalized spacial score (nSPS) is 19.8. The molecule has 5 nitrogen and oxygen atoms in total. The zero-order chi connectivity index (χ0) is 13.0. The SMILES string of the molecule is CCCn1ccnc(N2CCCC(C=O)C2)c1=O. The number of piperidine rings is 1. The van der Waals surface area contributed by atoms with Gasteiger partial charge in [-0.25, -0.2) is 4.98 Å². The highest BCUT2D eigenvalue weighted by atomic mass is 16.1. The number of aromatic nitrogens is 2. The van der Waals surface area contributed by atoms with Gasteiger partial charge in [0.2, 0.25) is 0 Å². The van der Waals surface area contributed by atoms with Gasteiger partial charge < -0.3 is 14.3 Å². The third-order valence-electron chi connectivity index (χ3n) is 3.31. The average Bonchev–Trinajstić information content (AvgIpc) is 2.41. The number of carbonyl (C=O) groups is 1. The summed E-state index contributed by atoms with van der Waals surface area (Å²) in [6.45, 7) is 4.17. The quantitative estimate of drug-likeness (QED) is 0.749. The van der Waals surface area contributed by atoms with E-state index < -0.39 is 0 Å². The zero-order valence-electron chi connectivity index (χ0n) is 10.7. The average molecular weight is 249 g/mol. The van der Waals surface area contributed by atoms with Gasteiger partial charge in [0.05, 0.1) is 0 Å². The molecule has 2 heterocycles. The number of anilines is 1. The molecule has 0 bridgehead atoms. The maximum absolute atomic E-state index is 12.2. The molecule has 1 aromatic heterocycles. The Bertz CT molecular complexity index is 470. The molecule has 0 saturated carbocycles. The number of aryl methyl sites for hydroxylation is 1. The van der Waals surface area contributed by atoms with Crippen molar-refractivity contribution < 1.29 is 4.79 Å². The standard InChI is InChI=1S/C13H19N3O2/c1-2-6-15-8-5-14-12(13(15)18)16-7-3-4-11(9-16)10-17/h5,8,10-11H,2-4,6-7,9H2,1H3. The van der Waals surface area contributed by atoms with Crippen molar-refractivity contribution in [1.29, 1.82) is 0 Å². The van der Waals surface area contributed by atoms with Crippen LogP contribution in [0.25, 0.3) is 0 Å². The lowest BCUT2D eigenvalue weighted by Gasteiger charge is -2.30. The van der Waals surface area contributed by atoms with Crippen molar-refractivity contribution in [1.82, 2.24) is 9.55 Å². The van der Waals surface area contributed by atoms with Gasteiger partial charge in [-0.05, 0) is 19.3 Å². The topological polar surface area (TPSA) is 55.2 Å². The van der Waals surface area contributed by atoms with Crippen LogP contribution in [0.2, 0.25) is 0 Å². The van der Waals surface area contributed by atoms with E-state index in [4.69, 9.17) is 0 Å². The molecular formula is C13H19N3O2. The maximum atomic E-state index is 12.2. The first-order valence-corrected chi connectivity index (χ1v) is 6.52. The summed E-state index contributed by atoms with van der Waals surface area (Å²) in [4.78, 5) is 29.2. The van der Waals surface area contributed by atoms with Gasteiger partial charge >= 0.3 is 0 Å². The lowest BCUT2D eigenvalue weighted by molar-refractivity contribution is -0.111. The summed E-state index contributed by atoms with van der Waals surface area (Å²) in [5, 5.41) is 0. The molecule has 1 saturated heterocycles. The lowest BCUT2D eigenvalue weighted by Crippen LogP contribution is -2.40. The second-order valence-corrected chi connectivity index (χ2v) is 4.73. The van der Waals surface area contributed by atoms with Gasteiger partial charge in [0, 0.05) is 37.9 Å². The Morgan fingerprint density at radius 2 is 2.39 bits per heavy atom. The molecule has 18 heavy (non-hydrogen) atoms. The van der Waals surface area contributed by atoms with Gasteiger partial charge in [-0.2, -0.15) is 0 Å². The molecular weight excluding hydrogens is 230 g/mol. The van der Waals surface area contributed by atoms with Crippen LogP contribution >= 0.6 is 0 Å². The molecule has 1 aromatic rings. The molecule has 2 rings (SSSR count). The first kappa shape index (κ1) is 12.8. The number of hydrogen-bond acceptors (Lipinski definition) is 4. The first-order chi connectivity index (χ1) is 8.76. The van der Waals surface area contributed by atoms with Gasteiger partial charge in [-0.3, -0.25) is 4.79 Å². The van der Waals surface area contributed by atoms with Gasteiger partial charge in [0.15, 0.2) is 5.82 Å². The lowest BCUT2D eigenvalue weighted by atomic mass is 10.00. The second-order valence-electron chi connectivity index (χ2n) is 4.73. The Hall–Kier alpha value is -1.65.